The van der Waals surface area contributed by atoms with Gasteiger partial charge in [0.05, 0.1) is 18.0 Å². The van der Waals surface area contributed by atoms with Crippen LogP contribution >= 0.6 is 0 Å². The monoisotopic (exact) mass is 417 g/mol. The summed E-state index contributed by atoms with van der Waals surface area (Å²) in [5, 5.41) is 7.18. The molecule has 0 spiro atoms. The third-order valence-electron chi connectivity index (χ3n) is 5.55. The first-order chi connectivity index (χ1) is 15.0. The molecule has 3 aromatic carbocycles. The number of nitrogens with two attached hydrogens (primary N) is 1. The lowest BCUT2D eigenvalue weighted by Crippen LogP contribution is -2.32. The summed E-state index contributed by atoms with van der Waals surface area (Å²) in [5.41, 5.74) is 12.5. The molecule has 0 fully saturated rings. The van der Waals surface area contributed by atoms with Crippen molar-refractivity contribution in [2.45, 2.75) is 13.3 Å². The Morgan fingerprint density at radius 1 is 0.968 bits per heavy atom. The lowest BCUT2D eigenvalue weighted by Gasteiger charge is -2.28. The number of benzene rings is 3. The summed E-state index contributed by atoms with van der Waals surface area (Å²) >= 11 is 0. The number of aryl methyl sites for hydroxylation is 1. The summed E-state index contributed by atoms with van der Waals surface area (Å²) in [6, 6.07) is 22.5. The normalized spacial score (nSPS) is 12.7. The van der Waals surface area contributed by atoms with Crippen LogP contribution in [0.3, 0.4) is 0 Å². The number of rotatable bonds is 7. The van der Waals surface area contributed by atoms with Crippen molar-refractivity contribution in [3.05, 3.63) is 89.9 Å². The smallest absolute Gasteiger partial charge is 0.123 e. The van der Waals surface area contributed by atoms with Gasteiger partial charge in [0.25, 0.3) is 0 Å². The standard InChI is InChI=1S/C25H28FN5/c1-18-14-21(20-6-4-3-5-7-20)9-11-23(18)31(25-16-28-17-29-25)13-12-19-8-10-22(27)24(15-19)30(2)26/h3-11,14-16,28-29H,12-13,17,27H2,1-2H3. The van der Waals surface area contributed by atoms with Gasteiger partial charge >= 0.3 is 0 Å². The Morgan fingerprint density at radius 2 is 1.77 bits per heavy atom. The van der Waals surface area contributed by atoms with Crippen molar-refractivity contribution < 1.29 is 4.48 Å². The van der Waals surface area contributed by atoms with E-state index in [0.29, 0.717) is 23.2 Å². The SMILES string of the molecule is Cc1cc(-c2ccccc2)ccc1N(CCc1ccc(N)c(N(C)F)c1)C1=CNCN1. The number of nitrogens with one attached hydrogen (secondary N) is 2. The van der Waals surface area contributed by atoms with Gasteiger partial charge in [-0.25, -0.2) is 5.12 Å². The van der Waals surface area contributed by atoms with Gasteiger partial charge in [0, 0.05) is 25.5 Å². The van der Waals surface area contributed by atoms with Crippen LogP contribution in [0.5, 0.6) is 0 Å². The maximum absolute atomic E-state index is 13.7. The van der Waals surface area contributed by atoms with Crippen molar-refractivity contribution in [1.29, 1.82) is 0 Å². The minimum Gasteiger partial charge on any atom is -0.397 e. The van der Waals surface area contributed by atoms with Crippen LogP contribution in [0, 0.1) is 6.92 Å². The Hall–Kier alpha value is -3.67. The molecule has 4 rings (SSSR count). The predicted molar refractivity (Wildman–Crippen MR) is 127 cm³/mol. The van der Waals surface area contributed by atoms with Crippen LogP contribution in [-0.2, 0) is 6.42 Å². The second kappa shape index (κ2) is 9.00. The van der Waals surface area contributed by atoms with Crippen LogP contribution in [0.2, 0.25) is 0 Å². The number of hydrogen-bond acceptors (Lipinski definition) is 5. The number of nitrogen functional groups attached to an aromatic ring is 1. The largest absolute Gasteiger partial charge is 0.397 e. The van der Waals surface area contributed by atoms with Gasteiger partial charge in [0.15, 0.2) is 0 Å². The molecule has 1 aliphatic rings. The molecule has 31 heavy (non-hydrogen) atoms. The van der Waals surface area contributed by atoms with E-state index in [0.717, 1.165) is 30.0 Å². The number of hydrogen-bond donors (Lipinski definition) is 3. The molecule has 5 nitrogen and oxygen atoms in total. The fraction of sp³-hybridized carbons (Fsp3) is 0.200. The van der Waals surface area contributed by atoms with Gasteiger partial charge in [-0.05, 0) is 59.9 Å². The van der Waals surface area contributed by atoms with Crippen LogP contribution in [0.15, 0.2) is 78.8 Å². The average Bonchev–Trinajstić information content (AvgIpc) is 3.31. The molecule has 0 aliphatic carbocycles. The van der Waals surface area contributed by atoms with Gasteiger partial charge in [-0.2, -0.15) is 0 Å². The number of nitrogens with zero attached hydrogens (tertiary/aromatic N) is 2. The van der Waals surface area contributed by atoms with Crippen LogP contribution in [-0.4, -0.2) is 20.3 Å². The molecule has 0 aromatic heterocycles. The molecule has 160 valence electrons. The van der Waals surface area contributed by atoms with E-state index in [9.17, 15) is 4.48 Å². The minimum atomic E-state index is 0.396. The Balaban J connectivity index is 1.60. The molecule has 0 atom stereocenters. The highest BCUT2D eigenvalue weighted by Gasteiger charge is 2.18. The van der Waals surface area contributed by atoms with Gasteiger partial charge in [0.2, 0.25) is 0 Å². The van der Waals surface area contributed by atoms with Crippen LogP contribution in [0.1, 0.15) is 11.1 Å². The van der Waals surface area contributed by atoms with Gasteiger partial charge in [0.1, 0.15) is 5.82 Å². The molecule has 6 heteroatoms. The summed E-state index contributed by atoms with van der Waals surface area (Å²) in [6.07, 6.45) is 2.74. The number of anilines is 3. The molecule has 1 aliphatic heterocycles. The highest BCUT2D eigenvalue weighted by molar-refractivity contribution is 5.70. The summed E-state index contributed by atoms with van der Waals surface area (Å²) in [5.74, 6) is 1.02. The first-order valence-corrected chi connectivity index (χ1v) is 10.4. The fourth-order valence-electron chi connectivity index (χ4n) is 3.91. The zero-order valence-electron chi connectivity index (χ0n) is 17.9. The zero-order chi connectivity index (χ0) is 21.8. The Bertz CT molecular complexity index is 1080. The third kappa shape index (κ3) is 4.58. The summed E-state index contributed by atoms with van der Waals surface area (Å²) < 4.78 is 13.7. The fourth-order valence-corrected chi connectivity index (χ4v) is 3.91. The zero-order valence-corrected chi connectivity index (χ0v) is 17.9. The average molecular weight is 418 g/mol. The van der Waals surface area contributed by atoms with Gasteiger partial charge in [-0.1, -0.05) is 42.5 Å². The molecular weight excluding hydrogens is 389 g/mol. The predicted octanol–water partition coefficient (Wildman–Crippen LogP) is 4.56. The van der Waals surface area contributed by atoms with E-state index >= 15 is 0 Å². The van der Waals surface area contributed by atoms with Crippen molar-refractivity contribution in [1.82, 2.24) is 10.6 Å². The van der Waals surface area contributed by atoms with Crippen LogP contribution in [0.25, 0.3) is 11.1 Å². The summed E-state index contributed by atoms with van der Waals surface area (Å²) in [7, 11) is 1.36. The van der Waals surface area contributed by atoms with E-state index < -0.39 is 0 Å². The van der Waals surface area contributed by atoms with E-state index in [1.54, 1.807) is 6.07 Å². The van der Waals surface area contributed by atoms with Gasteiger partial charge < -0.3 is 21.3 Å². The maximum Gasteiger partial charge on any atom is 0.123 e. The van der Waals surface area contributed by atoms with Crippen LogP contribution < -0.4 is 26.4 Å². The van der Waals surface area contributed by atoms with Gasteiger partial charge in [-0.3, -0.25) is 0 Å². The summed E-state index contributed by atoms with van der Waals surface area (Å²) in [6.45, 7) is 3.58. The quantitative estimate of drug-likeness (QED) is 0.389. The molecule has 4 N–H and O–H groups in total. The van der Waals surface area contributed by atoms with Crippen molar-refractivity contribution in [3.63, 3.8) is 0 Å². The summed E-state index contributed by atoms with van der Waals surface area (Å²) in [4.78, 5) is 2.26. The molecule has 1 heterocycles. The molecule has 0 amide bonds. The third-order valence-corrected chi connectivity index (χ3v) is 5.55. The van der Waals surface area contributed by atoms with Crippen molar-refractivity contribution in [2.75, 3.05) is 36.0 Å². The lowest BCUT2D eigenvalue weighted by atomic mass is 10.0. The van der Waals surface area contributed by atoms with Gasteiger partial charge in [-0.15, -0.1) is 4.48 Å². The van der Waals surface area contributed by atoms with Crippen LogP contribution in [0.4, 0.5) is 21.5 Å². The second-order valence-electron chi connectivity index (χ2n) is 7.73. The molecule has 0 unspecified atom stereocenters. The molecule has 0 saturated carbocycles. The lowest BCUT2D eigenvalue weighted by molar-refractivity contribution is 0.476. The first-order valence-electron chi connectivity index (χ1n) is 10.4. The first kappa shape index (κ1) is 20.6. The molecule has 3 aromatic rings. The van der Waals surface area contributed by atoms with E-state index in [4.69, 9.17) is 5.73 Å². The van der Waals surface area contributed by atoms with E-state index in [1.165, 1.54) is 23.7 Å². The van der Waals surface area contributed by atoms with E-state index in [-0.39, 0.29) is 0 Å². The van der Waals surface area contributed by atoms with Crippen molar-refractivity contribution in [3.8, 4) is 11.1 Å². The Labute approximate surface area is 182 Å². The molecule has 0 saturated heterocycles. The van der Waals surface area contributed by atoms with E-state index in [1.807, 2.05) is 24.4 Å². The minimum absolute atomic E-state index is 0.396. The maximum atomic E-state index is 13.7. The highest BCUT2D eigenvalue weighted by atomic mass is 19.2. The second-order valence-corrected chi connectivity index (χ2v) is 7.73. The molecular formula is C25H28FN5. The Kier molecular flexibility index (Phi) is 5.98. The number of halogens is 1. The van der Waals surface area contributed by atoms with Crippen molar-refractivity contribution in [2.24, 2.45) is 0 Å². The topological polar surface area (TPSA) is 56.6 Å². The Morgan fingerprint density at radius 3 is 2.45 bits per heavy atom. The van der Waals surface area contributed by atoms with E-state index in [2.05, 4.69) is 64.9 Å². The highest BCUT2D eigenvalue weighted by Crippen LogP contribution is 2.30. The van der Waals surface area contributed by atoms with Crippen molar-refractivity contribution >= 4 is 17.1 Å². The molecule has 0 radical (unpaired) electrons. The molecule has 0 bridgehead atoms.